The second-order valence-corrected chi connectivity index (χ2v) is 6.20. The van der Waals surface area contributed by atoms with E-state index in [2.05, 4.69) is 31.4 Å². The Morgan fingerprint density at radius 3 is 2.50 bits per heavy atom. The van der Waals surface area contributed by atoms with Gasteiger partial charge in [0.2, 0.25) is 0 Å². The van der Waals surface area contributed by atoms with E-state index in [0.29, 0.717) is 0 Å². The maximum absolute atomic E-state index is 2.29. The molecule has 0 aliphatic carbocycles. The maximum Gasteiger partial charge on any atom is 0.0278 e. The van der Waals surface area contributed by atoms with Crippen molar-refractivity contribution in [3.63, 3.8) is 0 Å². The summed E-state index contributed by atoms with van der Waals surface area (Å²) in [5.41, 5.74) is 0. The molecule has 1 aromatic heterocycles. The standard InChI is InChI=1S/C8H13PS/c1-3-9(4-2)8-6-5-7-10-8/h5-7H,3-4H2,1-2H3. The summed E-state index contributed by atoms with van der Waals surface area (Å²) in [6.07, 6.45) is 2.68. The Morgan fingerprint density at radius 2 is 2.10 bits per heavy atom. The molecule has 0 saturated carbocycles. The van der Waals surface area contributed by atoms with Crippen LogP contribution in [0.25, 0.3) is 0 Å². The Kier molecular flexibility index (Phi) is 3.37. The SMILES string of the molecule is CCP(CC)c1cccs1. The van der Waals surface area contributed by atoms with Gasteiger partial charge in [-0.1, -0.05) is 27.8 Å². The van der Waals surface area contributed by atoms with E-state index in [-0.39, 0.29) is 7.92 Å². The van der Waals surface area contributed by atoms with Gasteiger partial charge in [0.1, 0.15) is 0 Å². The Labute approximate surface area is 68.0 Å². The van der Waals surface area contributed by atoms with Crippen LogP contribution >= 0.6 is 19.3 Å². The first kappa shape index (κ1) is 8.23. The molecule has 0 aliphatic heterocycles. The molecule has 0 N–H and O–H groups in total. The molecule has 1 aromatic rings. The van der Waals surface area contributed by atoms with Crippen LogP contribution in [0.2, 0.25) is 0 Å². The molecule has 1 heterocycles. The lowest BCUT2D eigenvalue weighted by atomic mass is 10.7. The summed E-state index contributed by atoms with van der Waals surface area (Å²) < 4.78 is 1.61. The van der Waals surface area contributed by atoms with Crippen LogP contribution in [0.4, 0.5) is 0 Å². The van der Waals surface area contributed by atoms with E-state index < -0.39 is 0 Å². The number of thiophene rings is 1. The van der Waals surface area contributed by atoms with Crippen molar-refractivity contribution in [2.75, 3.05) is 12.3 Å². The first-order valence-electron chi connectivity index (χ1n) is 3.67. The number of rotatable bonds is 3. The lowest BCUT2D eigenvalue weighted by Gasteiger charge is -2.08. The summed E-state index contributed by atoms with van der Waals surface area (Å²) in [4.78, 5) is 0. The normalized spacial score (nSPS) is 10.7. The molecule has 56 valence electrons. The smallest absolute Gasteiger partial charge is 0.0278 e. The van der Waals surface area contributed by atoms with Crippen molar-refractivity contribution in [3.8, 4) is 0 Å². The van der Waals surface area contributed by atoms with E-state index in [9.17, 15) is 0 Å². The summed E-state index contributed by atoms with van der Waals surface area (Å²) in [6.45, 7) is 4.57. The highest BCUT2D eigenvalue weighted by Gasteiger charge is 2.04. The van der Waals surface area contributed by atoms with Gasteiger partial charge in [0.05, 0.1) is 0 Å². The second kappa shape index (κ2) is 4.10. The molecule has 0 aliphatic rings. The third kappa shape index (κ3) is 1.81. The Morgan fingerprint density at radius 1 is 1.40 bits per heavy atom. The fourth-order valence-corrected chi connectivity index (χ4v) is 4.36. The van der Waals surface area contributed by atoms with Gasteiger partial charge < -0.3 is 0 Å². The van der Waals surface area contributed by atoms with Crippen LogP contribution < -0.4 is 4.62 Å². The van der Waals surface area contributed by atoms with Crippen molar-refractivity contribution in [1.29, 1.82) is 0 Å². The van der Waals surface area contributed by atoms with E-state index in [1.165, 1.54) is 12.3 Å². The average Bonchev–Trinajstić information content (AvgIpc) is 2.43. The predicted molar refractivity (Wildman–Crippen MR) is 52.0 cm³/mol. The fraction of sp³-hybridized carbons (Fsp3) is 0.500. The largest absolute Gasteiger partial charge is 0.144 e. The van der Waals surface area contributed by atoms with Crippen LogP contribution in [-0.2, 0) is 0 Å². The van der Waals surface area contributed by atoms with Gasteiger partial charge in [-0.15, -0.1) is 11.3 Å². The predicted octanol–water partition coefficient (Wildman–Crippen LogP) is 2.90. The van der Waals surface area contributed by atoms with Gasteiger partial charge in [0, 0.05) is 4.62 Å². The van der Waals surface area contributed by atoms with Gasteiger partial charge in [-0.3, -0.25) is 0 Å². The van der Waals surface area contributed by atoms with Gasteiger partial charge in [-0.2, -0.15) is 0 Å². The van der Waals surface area contributed by atoms with E-state index in [0.717, 1.165) is 0 Å². The first-order valence-corrected chi connectivity index (χ1v) is 6.26. The van der Waals surface area contributed by atoms with E-state index in [1.807, 2.05) is 11.3 Å². The molecule has 0 amide bonds. The molecule has 0 saturated heterocycles. The highest BCUT2D eigenvalue weighted by atomic mass is 32.1. The van der Waals surface area contributed by atoms with Gasteiger partial charge in [0.15, 0.2) is 0 Å². The minimum absolute atomic E-state index is 0.204. The number of hydrogen-bond acceptors (Lipinski definition) is 1. The van der Waals surface area contributed by atoms with Crippen LogP contribution in [0.3, 0.4) is 0 Å². The van der Waals surface area contributed by atoms with Gasteiger partial charge >= 0.3 is 0 Å². The second-order valence-electron chi connectivity index (χ2n) is 2.12. The molecule has 0 aromatic carbocycles. The van der Waals surface area contributed by atoms with Crippen molar-refractivity contribution in [1.82, 2.24) is 0 Å². The van der Waals surface area contributed by atoms with Crippen LogP contribution in [0.5, 0.6) is 0 Å². The topological polar surface area (TPSA) is 0 Å². The third-order valence-corrected chi connectivity index (χ3v) is 5.64. The summed E-state index contributed by atoms with van der Waals surface area (Å²) in [6, 6.07) is 4.42. The van der Waals surface area contributed by atoms with Crippen molar-refractivity contribution >= 4 is 23.9 Å². The van der Waals surface area contributed by atoms with Crippen LogP contribution in [0.15, 0.2) is 17.5 Å². The van der Waals surface area contributed by atoms with Gasteiger partial charge in [-0.25, -0.2) is 0 Å². The zero-order chi connectivity index (χ0) is 7.40. The maximum atomic E-state index is 2.29. The molecule has 0 radical (unpaired) electrons. The van der Waals surface area contributed by atoms with Crippen LogP contribution in [-0.4, -0.2) is 12.3 Å². The quantitative estimate of drug-likeness (QED) is 0.615. The van der Waals surface area contributed by atoms with E-state index >= 15 is 0 Å². The van der Waals surface area contributed by atoms with Crippen molar-refractivity contribution in [3.05, 3.63) is 17.5 Å². The highest BCUT2D eigenvalue weighted by Crippen LogP contribution is 2.34. The fourth-order valence-electron chi connectivity index (χ4n) is 0.985. The first-order chi connectivity index (χ1) is 4.88. The molecule has 0 fully saturated rings. The summed E-state index contributed by atoms with van der Waals surface area (Å²) >= 11 is 1.91. The van der Waals surface area contributed by atoms with Gasteiger partial charge in [-0.05, 0) is 23.8 Å². The Bertz CT molecular complexity index is 165. The molecule has 0 bridgehead atoms. The van der Waals surface area contributed by atoms with Crippen LogP contribution in [0.1, 0.15) is 13.8 Å². The van der Waals surface area contributed by atoms with Crippen molar-refractivity contribution < 1.29 is 0 Å². The molecule has 10 heavy (non-hydrogen) atoms. The Balaban J connectivity index is 2.64. The van der Waals surface area contributed by atoms with E-state index in [4.69, 9.17) is 0 Å². The zero-order valence-electron chi connectivity index (χ0n) is 6.50. The minimum Gasteiger partial charge on any atom is -0.144 e. The minimum atomic E-state index is 0.204. The zero-order valence-corrected chi connectivity index (χ0v) is 8.21. The summed E-state index contributed by atoms with van der Waals surface area (Å²) in [5, 5.41) is 2.18. The molecule has 2 heteroatoms. The molecule has 1 rings (SSSR count). The Hall–Kier alpha value is 0.130. The average molecular weight is 172 g/mol. The molecule has 0 spiro atoms. The lowest BCUT2D eigenvalue weighted by molar-refractivity contribution is 1.43. The molecular weight excluding hydrogens is 159 g/mol. The van der Waals surface area contributed by atoms with Gasteiger partial charge in [0.25, 0.3) is 0 Å². The molecular formula is C8H13PS. The molecule has 0 atom stereocenters. The monoisotopic (exact) mass is 172 g/mol. The van der Waals surface area contributed by atoms with E-state index in [1.54, 1.807) is 4.62 Å². The number of hydrogen-bond donors (Lipinski definition) is 0. The van der Waals surface area contributed by atoms with Crippen molar-refractivity contribution in [2.24, 2.45) is 0 Å². The van der Waals surface area contributed by atoms with Crippen molar-refractivity contribution in [2.45, 2.75) is 13.8 Å². The summed E-state index contributed by atoms with van der Waals surface area (Å²) in [5.74, 6) is 0. The third-order valence-electron chi connectivity index (χ3n) is 1.58. The highest BCUT2D eigenvalue weighted by molar-refractivity contribution is 7.71. The lowest BCUT2D eigenvalue weighted by Crippen LogP contribution is -1.96. The van der Waals surface area contributed by atoms with Crippen LogP contribution in [0, 0.1) is 0 Å². The summed E-state index contributed by atoms with van der Waals surface area (Å²) in [7, 11) is 0.204. The molecule has 0 nitrogen and oxygen atoms in total. The molecule has 0 unspecified atom stereocenters.